The van der Waals surface area contributed by atoms with Crippen LogP contribution >= 0.6 is 23.2 Å². The average Bonchev–Trinajstić information content (AvgIpc) is 2.76. The first kappa shape index (κ1) is 21.4. The van der Waals surface area contributed by atoms with E-state index in [9.17, 15) is 0 Å². The minimum atomic E-state index is 0.171. The first-order valence-electron chi connectivity index (χ1n) is 9.84. The maximum absolute atomic E-state index is 6.08. The molecule has 0 saturated carbocycles. The largest absolute Gasteiger partial charge is 0.497 e. The summed E-state index contributed by atoms with van der Waals surface area (Å²) in [5.41, 5.74) is 7.82. The number of piperazine rings is 1. The number of rotatable bonds is 6. The summed E-state index contributed by atoms with van der Waals surface area (Å²) in [5, 5.41) is 4.04. The molecule has 2 heterocycles. The molecule has 1 saturated heterocycles. The van der Waals surface area contributed by atoms with E-state index >= 15 is 0 Å². The molecule has 10 heteroatoms. The molecule has 1 aliphatic heterocycles. The number of nitrogen functional groups attached to an aromatic ring is 1. The first-order chi connectivity index (χ1) is 15.0. The second-order valence-electron chi connectivity index (χ2n) is 7.15. The average molecular weight is 460 g/mol. The lowest BCUT2D eigenvalue weighted by molar-refractivity contribution is 0.244. The van der Waals surface area contributed by atoms with E-state index in [0.29, 0.717) is 28.4 Å². The number of ether oxygens (including phenoxy) is 1. The van der Waals surface area contributed by atoms with Gasteiger partial charge in [0.1, 0.15) is 11.6 Å². The van der Waals surface area contributed by atoms with Crippen LogP contribution in [-0.2, 0) is 6.54 Å². The van der Waals surface area contributed by atoms with Gasteiger partial charge < -0.3 is 20.7 Å². The second-order valence-corrected chi connectivity index (χ2v) is 7.96. The zero-order valence-corrected chi connectivity index (χ0v) is 18.6. The van der Waals surface area contributed by atoms with Gasteiger partial charge >= 0.3 is 0 Å². The zero-order valence-electron chi connectivity index (χ0n) is 17.1. The third kappa shape index (κ3) is 5.46. The highest BCUT2D eigenvalue weighted by atomic mass is 35.5. The quantitative estimate of drug-likeness (QED) is 0.574. The van der Waals surface area contributed by atoms with Gasteiger partial charge in [0.15, 0.2) is 0 Å². The van der Waals surface area contributed by atoms with Gasteiger partial charge in [0, 0.05) is 37.6 Å². The highest BCUT2D eigenvalue weighted by Gasteiger charge is 2.19. The number of hydrogen-bond acceptors (Lipinski definition) is 8. The molecule has 0 atom stereocenters. The van der Waals surface area contributed by atoms with E-state index < -0.39 is 0 Å². The predicted octanol–water partition coefficient (Wildman–Crippen LogP) is 3.84. The van der Waals surface area contributed by atoms with Crippen LogP contribution in [0.4, 0.5) is 23.3 Å². The normalized spacial score (nSPS) is 14.5. The molecule has 0 aliphatic carbocycles. The summed E-state index contributed by atoms with van der Waals surface area (Å²) in [6, 6.07) is 13.4. The Morgan fingerprint density at radius 2 is 1.71 bits per heavy atom. The fraction of sp³-hybridized carbons (Fsp3) is 0.286. The Kier molecular flexibility index (Phi) is 6.60. The molecular formula is C21H23Cl2N7O. The maximum atomic E-state index is 6.08. The lowest BCUT2D eigenvalue weighted by atomic mass is 10.2. The van der Waals surface area contributed by atoms with Gasteiger partial charge in [-0.3, -0.25) is 4.90 Å². The van der Waals surface area contributed by atoms with Crippen LogP contribution in [0.5, 0.6) is 5.75 Å². The van der Waals surface area contributed by atoms with E-state index in [4.69, 9.17) is 33.7 Å². The molecule has 0 radical (unpaired) electrons. The van der Waals surface area contributed by atoms with Crippen LogP contribution in [0.3, 0.4) is 0 Å². The van der Waals surface area contributed by atoms with Crippen molar-refractivity contribution in [2.75, 3.05) is 49.2 Å². The number of aromatic nitrogens is 3. The number of halogens is 2. The molecule has 1 aliphatic rings. The first-order valence-corrected chi connectivity index (χ1v) is 10.6. The Morgan fingerprint density at radius 3 is 2.39 bits per heavy atom. The number of methoxy groups -OCH3 is 1. The van der Waals surface area contributed by atoms with E-state index in [0.717, 1.165) is 37.6 Å². The topological polar surface area (TPSA) is 92.4 Å². The van der Waals surface area contributed by atoms with Gasteiger partial charge in [0.2, 0.25) is 11.9 Å². The molecule has 0 spiro atoms. The lowest BCUT2D eigenvalue weighted by Gasteiger charge is -2.35. The van der Waals surface area contributed by atoms with Crippen LogP contribution in [0.15, 0.2) is 42.5 Å². The van der Waals surface area contributed by atoms with Gasteiger partial charge in [-0.2, -0.15) is 15.0 Å². The molecule has 162 valence electrons. The van der Waals surface area contributed by atoms with Gasteiger partial charge in [0.05, 0.1) is 23.7 Å². The van der Waals surface area contributed by atoms with Crippen LogP contribution in [0.1, 0.15) is 5.82 Å². The van der Waals surface area contributed by atoms with Crippen LogP contribution in [-0.4, -0.2) is 53.1 Å². The molecule has 2 aromatic carbocycles. The van der Waals surface area contributed by atoms with Gasteiger partial charge in [-0.15, -0.1) is 0 Å². The molecule has 4 rings (SSSR count). The number of nitrogens with zero attached hydrogens (tertiary/aromatic N) is 5. The van der Waals surface area contributed by atoms with Crippen molar-refractivity contribution in [3.8, 4) is 5.75 Å². The number of anilines is 4. The SMILES string of the molecule is COc1ccc(N2CCN(Cc3nc(N)nc(Nc4ccc(Cl)c(Cl)c4)n3)CC2)cc1. The van der Waals surface area contributed by atoms with Crippen molar-refractivity contribution in [1.29, 1.82) is 0 Å². The third-order valence-corrected chi connectivity index (χ3v) is 5.79. The van der Waals surface area contributed by atoms with E-state index in [1.807, 2.05) is 12.1 Å². The Hall–Kier alpha value is -2.81. The Morgan fingerprint density at radius 1 is 0.968 bits per heavy atom. The monoisotopic (exact) mass is 459 g/mol. The Bertz CT molecular complexity index is 1040. The minimum Gasteiger partial charge on any atom is -0.497 e. The van der Waals surface area contributed by atoms with Crippen LogP contribution in [0, 0.1) is 0 Å². The second kappa shape index (κ2) is 9.55. The summed E-state index contributed by atoms with van der Waals surface area (Å²) < 4.78 is 5.23. The van der Waals surface area contributed by atoms with E-state index in [1.165, 1.54) is 5.69 Å². The van der Waals surface area contributed by atoms with Crippen molar-refractivity contribution >= 4 is 46.5 Å². The van der Waals surface area contributed by atoms with Crippen LogP contribution in [0.25, 0.3) is 0 Å². The number of hydrogen-bond donors (Lipinski definition) is 2. The van der Waals surface area contributed by atoms with Gasteiger partial charge in [0.25, 0.3) is 0 Å². The van der Waals surface area contributed by atoms with Crippen molar-refractivity contribution in [1.82, 2.24) is 19.9 Å². The third-order valence-electron chi connectivity index (χ3n) is 5.05. The highest BCUT2D eigenvalue weighted by molar-refractivity contribution is 6.42. The highest BCUT2D eigenvalue weighted by Crippen LogP contribution is 2.26. The van der Waals surface area contributed by atoms with Crippen molar-refractivity contribution in [3.63, 3.8) is 0 Å². The molecular weight excluding hydrogens is 437 g/mol. The van der Waals surface area contributed by atoms with Crippen LogP contribution in [0.2, 0.25) is 10.0 Å². The number of benzene rings is 2. The van der Waals surface area contributed by atoms with Crippen molar-refractivity contribution in [2.24, 2.45) is 0 Å². The summed E-state index contributed by atoms with van der Waals surface area (Å²) in [6.45, 7) is 4.22. The van der Waals surface area contributed by atoms with Gasteiger partial charge in [-0.1, -0.05) is 23.2 Å². The molecule has 0 amide bonds. The number of nitrogens with one attached hydrogen (secondary N) is 1. The fourth-order valence-electron chi connectivity index (χ4n) is 3.42. The van der Waals surface area contributed by atoms with E-state index in [1.54, 1.807) is 25.3 Å². The summed E-state index contributed by atoms with van der Waals surface area (Å²) >= 11 is 12.0. The summed E-state index contributed by atoms with van der Waals surface area (Å²) in [7, 11) is 1.67. The van der Waals surface area contributed by atoms with E-state index in [2.05, 4.69) is 42.2 Å². The van der Waals surface area contributed by atoms with Gasteiger partial charge in [-0.05, 0) is 42.5 Å². The van der Waals surface area contributed by atoms with Crippen molar-refractivity contribution in [3.05, 3.63) is 58.3 Å². The van der Waals surface area contributed by atoms with Gasteiger partial charge in [-0.25, -0.2) is 0 Å². The van der Waals surface area contributed by atoms with E-state index in [-0.39, 0.29) is 5.95 Å². The minimum absolute atomic E-state index is 0.171. The molecule has 31 heavy (non-hydrogen) atoms. The molecule has 0 unspecified atom stereocenters. The smallest absolute Gasteiger partial charge is 0.232 e. The number of nitrogens with two attached hydrogens (primary N) is 1. The molecule has 3 aromatic rings. The fourth-order valence-corrected chi connectivity index (χ4v) is 3.72. The summed E-state index contributed by atoms with van der Waals surface area (Å²) in [4.78, 5) is 17.6. The maximum Gasteiger partial charge on any atom is 0.232 e. The molecule has 8 nitrogen and oxygen atoms in total. The lowest BCUT2D eigenvalue weighted by Crippen LogP contribution is -2.46. The van der Waals surface area contributed by atoms with Crippen LogP contribution < -0.4 is 20.7 Å². The zero-order chi connectivity index (χ0) is 21.8. The summed E-state index contributed by atoms with van der Waals surface area (Å²) in [6.07, 6.45) is 0. The molecule has 0 bridgehead atoms. The molecule has 3 N–H and O–H groups in total. The Labute approximate surface area is 191 Å². The van der Waals surface area contributed by atoms with Crippen molar-refractivity contribution in [2.45, 2.75) is 6.54 Å². The predicted molar refractivity (Wildman–Crippen MR) is 124 cm³/mol. The van der Waals surface area contributed by atoms with Crippen molar-refractivity contribution < 1.29 is 4.74 Å². The molecule has 1 aromatic heterocycles. The summed E-state index contributed by atoms with van der Waals surface area (Å²) in [5.74, 6) is 2.02. The molecule has 1 fully saturated rings. The Balaban J connectivity index is 1.37. The standard InChI is InChI=1S/C21H23Cl2N7O/c1-31-16-5-3-15(4-6-16)30-10-8-29(9-11-30)13-19-26-20(24)28-21(27-19)25-14-2-7-17(22)18(23)12-14/h2-7,12H,8-11,13H2,1H3,(H3,24,25,26,27,28).